The fourth-order valence-electron chi connectivity index (χ4n) is 6.43. The van der Waals surface area contributed by atoms with Crippen molar-refractivity contribution in [3.63, 3.8) is 0 Å². The van der Waals surface area contributed by atoms with Gasteiger partial charge in [0, 0.05) is 55.2 Å². The van der Waals surface area contributed by atoms with E-state index in [2.05, 4.69) is 21.7 Å². The number of fused-ring (bicyclic) bond motifs is 2. The van der Waals surface area contributed by atoms with Crippen LogP contribution in [0.1, 0.15) is 24.0 Å². The van der Waals surface area contributed by atoms with Crippen LogP contribution in [0.15, 0.2) is 64.3 Å². The quantitative estimate of drug-likeness (QED) is 0.216. The number of benzene rings is 2. The second-order valence-electron chi connectivity index (χ2n) is 12.1. The van der Waals surface area contributed by atoms with E-state index in [0.29, 0.717) is 45.1 Å². The molecule has 0 radical (unpaired) electrons. The molecule has 1 saturated heterocycles. The van der Waals surface area contributed by atoms with Gasteiger partial charge in [-0.1, -0.05) is 53.5 Å². The van der Waals surface area contributed by atoms with Gasteiger partial charge in [-0.25, -0.2) is 14.8 Å². The molecule has 49 heavy (non-hydrogen) atoms. The van der Waals surface area contributed by atoms with Crippen molar-refractivity contribution in [1.29, 1.82) is 0 Å². The SMILES string of the molecule is CNC1CCOCC1O.COc1nc(-c2cccc(-c3cccc(Nc4nccc5c4c(=O)n(C)c(=O)n5C)c3Cl)c2Cl)cc2c1CCC2. The highest BCUT2D eigenvalue weighted by Gasteiger charge is 2.23. The van der Waals surface area contributed by atoms with Crippen LogP contribution in [0.4, 0.5) is 11.5 Å². The largest absolute Gasteiger partial charge is 0.481 e. The second-order valence-corrected chi connectivity index (χ2v) is 12.8. The number of anilines is 2. The summed E-state index contributed by atoms with van der Waals surface area (Å²) in [4.78, 5) is 34.6. The zero-order valence-corrected chi connectivity index (χ0v) is 29.2. The summed E-state index contributed by atoms with van der Waals surface area (Å²) in [5.41, 5.74) is 5.49. The fraction of sp³-hybridized carbons (Fsp3) is 0.333. The smallest absolute Gasteiger partial charge is 0.330 e. The lowest BCUT2D eigenvalue weighted by atomic mass is 9.99. The van der Waals surface area contributed by atoms with Gasteiger partial charge in [-0.2, -0.15) is 0 Å². The third-order valence-electron chi connectivity index (χ3n) is 9.14. The van der Waals surface area contributed by atoms with Crippen molar-refractivity contribution in [1.82, 2.24) is 24.4 Å². The Balaban J connectivity index is 0.000000403. The monoisotopic (exact) mass is 704 g/mol. The Bertz CT molecular complexity index is 2150. The van der Waals surface area contributed by atoms with Crippen LogP contribution < -0.4 is 26.6 Å². The maximum Gasteiger partial charge on any atom is 0.330 e. The van der Waals surface area contributed by atoms with Gasteiger partial charge < -0.3 is 25.2 Å². The molecule has 2 atom stereocenters. The number of methoxy groups -OCH3 is 1. The second kappa shape index (κ2) is 14.7. The van der Waals surface area contributed by atoms with Gasteiger partial charge in [-0.3, -0.25) is 13.9 Å². The summed E-state index contributed by atoms with van der Waals surface area (Å²) in [5.74, 6) is 0.934. The number of hydrogen-bond acceptors (Lipinski definition) is 9. The van der Waals surface area contributed by atoms with E-state index in [1.807, 2.05) is 37.4 Å². The Morgan fingerprint density at radius 1 is 1.00 bits per heavy atom. The highest BCUT2D eigenvalue weighted by Crippen LogP contribution is 2.43. The lowest BCUT2D eigenvalue weighted by molar-refractivity contribution is -0.0258. The highest BCUT2D eigenvalue weighted by molar-refractivity contribution is 6.39. The lowest BCUT2D eigenvalue weighted by Gasteiger charge is -2.26. The highest BCUT2D eigenvalue weighted by atomic mass is 35.5. The number of ether oxygens (including phenoxy) is 2. The van der Waals surface area contributed by atoms with Crippen molar-refractivity contribution in [3.05, 3.63) is 96.7 Å². The van der Waals surface area contributed by atoms with Crippen LogP contribution >= 0.6 is 23.2 Å². The number of nitrogens with zero attached hydrogens (tertiary/aromatic N) is 4. The normalized spacial score (nSPS) is 17.0. The first-order valence-corrected chi connectivity index (χ1v) is 16.8. The molecule has 256 valence electrons. The van der Waals surface area contributed by atoms with Crippen LogP contribution in [-0.4, -0.2) is 63.7 Å². The molecule has 1 fully saturated rings. The minimum atomic E-state index is -0.450. The number of aliphatic hydroxyl groups excluding tert-OH is 1. The molecule has 7 rings (SSSR count). The van der Waals surface area contributed by atoms with Crippen molar-refractivity contribution in [2.45, 2.75) is 37.8 Å². The standard InChI is InChI=1S/C30H25Cl2N5O3.C6H13NO2/c1-36-23-13-14-33-27(24(23)29(38)37(2)30(36)39)34-21-12-6-10-19(26(21)32)18-9-5-11-20(25(18)31)22-15-16-7-4-8-17(16)28(35-22)40-3;1-7-5-2-3-9-4-6(5)8/h5-6,9-15H,4,7-8H2,1-3H3,(H,33,34);5-8H,2-4H2,1H3. The van der Waals surface area contributed by atoms with Crippen molar-refractivity contribution < 1.29 is 14.6 Å². The van der Waals surface area contributed by atoms with Gasteiger partial charge in [-0.05, 0) is 56.5 Å². The number of rotatable bonds is 6. The topological polar surface area (TPSA) is 133 Å². The Morgan fingerprint density at radius 3 is 2.45 bits per heavy atom. The number of halogens is 2. The molecule has 13 heteroatoms. The van der Waals surface area contributed by atoms with Gasteiger partial charge in [0.1, 0.15) is 11.2 Å². The van der Waals surface area contributed by atoms with Crippen LogP contribution in [0, 0.1) is 0 Å². The minimum absolute atomic E-state index is 0.235. The molecule has 1 aliphatic heterocycles. The van der Waals surface area contributed by atoms with Crippen LogP contribution in [-0.2, 0) is 31.7 Å². The molecular formula is C36H38Cl2N6O5. The predicted molar refractivity (Wildman–Crippen MR) is 194 cm³/mol. The number of hydrogen-bond donors (Lipinski definition) is 3. The molecule has 2 unspecified atom stereocenters. The molecule has 0 spiro atoms. The maximum absolute atomic E-state index is 13.0. The number of pyridine rings is 2. The van der Waals surface area contributed by atoms with E-state index in [0.717, 1.165) is 59.2 Å². The Morgan fingerprint density at radius 2 is 1.73 bits per heavy atom. The Kier molecular flexibility index (Phi) is 10.4. The first-order chi connectivity index (χ1) is 23.6. The molecule has 3 aromatic heterocycles. The van der Waals surface area contributed by atoms with Crippen LogP contribution in [0.2, 0.25) is 10.0 Å². The third-order valence-corrected chi connectivity index (χ3v) is 9.96. The molecule has 5 aromatic rings. The van der Waals surface area contributed by atoms with Crippen molar-refractivity contribution in [2.24, 2.45) is 14.1 Å². The maximum atomic E-state index is 13.0. The summed E-state index contributed by atoms with van der Waals surface area (Å²) in [6.07, 6.45) is 5.16. The molecule has 1 aliphatic carbocycles. The summed E-state index contributed by atoms with van der Waals surface area (Å²) < 4.78 is 13.1. The molecule has 11 nitrogen and oxygen atoms in total. The molecule has 3 N–H and O–H groups in total. The van der Waals surface area contributed by atoms with Crippen molar-refractivity contribution in [3.8, 4) is 28.3 Å². The van der Waals surface area contributed by atoms with E-state index >= 15 is 0 Å². The fourth-order valence-corrected chi connectivity index (χ4v) is 7.03. The molecule has 2 aromatic carbocycles. The molecule has 0 saturated carbocycles. The summed E-state index contributed by atoms with van der Waals surface area (Å²) in [5, 5.41) is 16.6. The van der Waals surface area contributed by atoms with E-state index in [-0.39, 0.29) is 17.5 Å². The van der Waals surface area contributed by atoms with Gasteiger partial charge in [-0.15, -0.1) is 0 Å². The van der Waals surface area contributed by atoms with Crippen LogP contribution in [0.5, 0.6) is 5.88 Å². The number of aromatic nitrogens is 4. The third kappa shape index (κ3) is 6.69. The number of likely N-dealkylation sites (N-methyl/N-ethyl adjacent to an activating group) is 1. The van der Waals surface area contributed by atoms with E-state index in [9.17, 15) is 14.7 Å². The Labute approximate surface area is 293 Å². The zero-order chi connectivity index (χ0) is 34.8. The van der Waals surface area contributed by atoms with Crippen LogP contribution in [0.25, 0.3) is 33.3 Å². The minimum Gasteiger partial charge on any atom is -0.481 e. The predicted octanol–water partition coefficient (Wildman–Crippen LogP) is 5.26. The summed E-state index contributed by atoms with van der Waals surface area (Å²) >= 11 is 14.0. The van der Waals surface area contributed by atoms with E-state index in [1.54, 1.807) is 32.5 Å². The first kappa shape index (κ1) is 34.6. The van der Waals surface area contributed by atoms with E-state index in [1.165, 1.54) is 17.2 Å². The molecule has 2 aliphatic rings. The average molecular weight is 706 g/mol. The van der Waals surface area contributed by atoms with Gasteiger partial charge >= 0.3 is 5.69 Å². The van der Waals surface area contributed by atoms with Crippen LogP contribution in [0.3, 0.4) is 0 Å². The number of aryl methyl sites for hydroxylation is 2. The van der Waals surface area contributed by atoms with Gasteiger partial charge in [0.2, 0.25) is 5.88 Å². The van der Waals surface area contributed by atoms with Crippen molar-refractivity contribution in [2.75, 3.05) is 32.7 Å². The molecular weight excluding hydrogens is 667 g/mol. The summed E-state index contributed by atoms with van der Waals surface area (Å²) in [6.45, 7) is 1.24. The average Bonchev–Trinajstić information content (AvgIpc) is 3.60. The first-order valence-electron chi connectivity index (χ1n) is 16.0. The van der Waals surface area contributed by atoms with Crippen molar-refractivity contribution >= 4 is 45.6 Å². The zero-order valence-electron chi connectivity index (χ0n) is 27.7. The molecule has 0 bridgehead atoms. The summed E-state index contributed by atoms with van der Waals surface area (Å²) in [6, 6.07) is 15.3. The molecule has 4 heterocycles. The van der Waals surface area contributed by atoms with Gasteiger partial charge in [0.25, 0.3) is 5.56 Å². The van der Waals surface area contributed by atoms with E-state index < -0.39 is 11.2 Å². The van der Waals surface area contributed by atoms with Gasteiger partial charge in [0.05, 0.1) is 46.8 Å². The lowest BCUT2D eigenvalue weighted by Crippen LogP contribution is -2.44. The Hall–Kier alpha value is -4.26. The van der Waals surface area contributed by atoms with E-state index in [4.69, 9.17) is 37.7 Å². The molecule has 0 amide bonds. The van der Waals surface area contributed by atoms with Gasteiger partial charge in [0.15, 0.2) is 0 Å². The number of nitrogens with one attached hydrogen (secondary N) is 2. The summed E-state index contributed by atoms with van der Waals surface area (Å²) in [7, 11) is 6.55. The number of aliphatic hydroxyl groups is 1.